The molecule has 1 aromatic heterocycles. The van der Waals surface area contributed by atoms with E-state index < -0.39 is 5.92 Å². The quantitative estimate of drug-likeness (QED) is 0.612. The van der Waals surface area contributed by atoms with Gasteiger partial charge >= 0.3 is 0 Å². The van der Waals surface area contributed by atoms with Crippen molar-refractivity contribution in [1.29, 1.82) is 0 Å². The molecule has 1 atom stereocenters. The lowest BCUT2D eigenvalue weighted by Crippen LogP contribution is -2.28. The van der Waals surface area contributed by atoms with Crippen molar-refractivity contribution in [2.24, 2.45) is 5.92 Å². The van der Waals surface area contributed by atoms with Crippen LogP contribution in [0.15, 0.2) is 53.5 Å². The van der Waals surface area contributed by atoms with Gasteiger partial charge in [-0.1, -0.05) is 15.9 Å². The summed E-state index contributed by atoms with van der Waals surface area (Å²) in [7, 11) is 0. The van der Waals surface area contributed by atoms with Crippen LogP contribution in [0.3, 0.4) is 0 Å². The largest absolute Gasteiger partial charge is 0.486 e. The molecule has 2 amide bonds. The summed E-state index contributed by atoms with van der Waals surface area (Å²) < 4.78 is 13.5. The number of benzene rings is 2. The van der Waals surface area contributed by atoms with Crippen LogP contribution in [-0.4, -0.2) is 46.3 Å². The monoisotopic (exact) mass is 483 g/mol. The van der Waals surface area contributed by atoms with E-state index in [1.165, 1.54) is 6.33 Å². The molecule has 0 spiro atoms. The van der Waals surface area contributed by atoms with Crippen molar-refractivity contribution >= 4 is 39.1 Å². The van der Waals surface area contributed by atoms with Crippen LogP contribution in [0.4, 0.5) is 11.4 Å². The first-order valence-electron chi connectivity index (χ1n) is 9.74. The van der Waals surface area contributed by atoms with E-state index in [4.69, 9.17) is 9.47 Å². The van der Waals surface area contributed by atoms with Crippen molar-refractivity contribution in [3.63, 3.8) is 0 Å². The number of halogens is 1. The van der Waals surface area contributed by atoms with Crippen LogP contribution in [0.25, 0.3) is 5.69 Å². The second-order valence-electron chi connectivity index (χ2n) is 7.22. The maximum Gasteiger partial charge on any atom is 0.229 e. The zero-order valence-corrected chi connectivity index (χ0v) is 17.9. The Morgan fingerprint density at radius 1 is 1.13 bits per heavy atom. The third-order valence-electron chi connectivity index (χ3n) is 5.22. The van der Waals surface area contributed by atoms with Crippen LogP contribution in [-0.2, 0) is 9.59 Å². The van der Waals surface area contributed by atoms with E-state index in [9.17, 15) is 9.59 Å². The van der Waals surface area contributed by atoms with Gasteiger partial charge in [-0.3, -0.25) is 9.59 Å². The molecule has 3 heterocycles. The molecule has 0 bridgehead atoms. The summed E-state index contributed by atoms with van der Waals surface area (Å²) >= 11 is 3.43. The van der Waals surface area contributed by atoms with Crippen LogP contribution in [0, 0.1) is 5.92 Å². The van der Waals surface area contributed by atoms with Gasteiger partial charge < -0.3 is 19.7 Å². The summed E-state index contributed by atoms with van der Waals surface area (Å²) in [5.74, 6) is 0.445. The highest BCUT2D eigenvalue weighted by molar-refractivity contribution is 9.10. The van der Waals surface area contributed by atoms with Gasteiger partial charge in [0.1, 0.15) is 25.9 Å². The summed E-state index contributed by atoms with van der Waals surface area (Å²) in [5, 5.41) is 7.08. The zero-order chi connectivity index (χ0) is 21.4. The lowest BCUT2D eigenvalue weighted by atomic mass is 10.1. The predicted molar refractivity (Wildman–Crippen MR) is 116 cm³/mol. The van der Waals surface area contributed by atoms with Crippen molar-refractivity contribution < 1.29 is 19.1 Å². The summed E-state index contributed by atoms with van der Waals surface area (Å²) in [6, 6.07) is 10.9. The Bertz CT molecular complexity index is 1150. The summed E-state index contributed by atoms with van der Waals surface area (Å²) in [6.07, 6.45) is 3.11. The third-order valence-corrected chi connectivity index (χ3v) is 5.71. The lowest BCUT2D eigenvalue weighted by Gasteiger charge is -2.22. The van der Waals surface area contributed by atoms with Crippen LogP contribution in [0.1, 0.15) is 6.42 Å². The van der Waals surface area contributed by atoms with E-state index in [-0.39, 0.29) is 24.8 Å². The van der Waals surface area contributed by atoms with Crippen LogP contribution >= 0.6 is 15.9 Å². The van der Waals surface area contributed by atoms with E-state index >= 15 is 0 Å². The molecule has 0 radical (unpaired) electrons. The maximum atomic E-state index is 13.0. The Morgan fingerprint density at radius 3 is 2.77 bits per heavy atom. The van der Waals surface area contributed by atoms with E-state index in [2.05, 4.69) is 31.3 Å². The fourth-order valence-corrected chi connectivity index (χ4v) is 4.07. The Labute approximate surface area is 186 Å². The van der Waals surface area contributed by atoms with Gasteiger partial charge in [0.05, 0.1) is 17.3 Å². The number of fused-ring (bicyclic) bond motifs is 1. The molecule has 3 aromatic rings. The molecule has 0 saturated carbocycles. The highest BCUT2D eigenvalue weighted by Crippen LogP contribution is 2.36. The molecule has 0 aliphatic carbocycles. The average Bonchev–Trinajstić information content (AvgIpc) is 3.43. The van der Waals surface area contributed by atoms with Crippen LogP contribution < -0.4 is 19.7 Å². The number of ether oxygens (including phenoxy) is 2. The molecular formula is C21H18BrN5O4. The third kappa shape index (κ3) is 3.86. The smallest absolute Gasteiger partial charge is 0.229 e. The summed E-state index contributed by atoms with van der Waals surface area (Å²) in [5.41, 5.74) is 1.95. The fourth-order valence-electron chi connectivity index (χ4n) is 3.71. The second-order valence-corrected chi connectivity index (χ2v) is 8.14. The topological polar surface area (TPSA) is 98.6 Å². The van der Waals surface area contributed by atoms with Gasteiger partial charge in [-0.2, -0.15) is 5.10 Å². The second kappa shape index (κ2) is 8.03. The van der Waals surface area contributed by atoms with Gasteiger partial charge in [-0.25, -0.2) is 9.67 Å². The van der Waals surface area contributed by atoms with E-state index in [1.54, 1.807) is 34.1 Å². The molecule has 9 nitrogen and oxygen atoms in total. The van der Waals surface area contributed by atoms with Gasteiger partial charge in [0.25, 0.3) is 0 Å². The highest BCUT2D eigenvalue weighted by atomic mass is 79.9. The Balaban J connectivity index is 1.34. The first-order valence-corrected chi connectivity index (χ1v) is 10.5. The normalized spacial score (nSPS) is 17.6. The van der Waals surface area contributed by atoms with E-state index in [0.717, 1.165) is 4.47 Å². The molecule has 1 N–H and O–H groups in total. The molecule has 5 rings (SSSR count). The molecule has 1 unspecified atom stereocenters. The molecule has 158 valence electrons. The Hall–Kier alpha value is -3.40. The Morgan fingerprint density at radius 2 is 1.97 bits per heavy atom. The van der Waals surface area contributed by atoms with Crippen molar-refractivity contribution in [1.82, 2.24) is 14.8 Å². The standard InChI is InChI=1S/C21H18BrN5O4/c22-14-1-3-17(27-12-23-11-24-27)16(8-14)25-21(29)13-7-20(28)26(10-13)15-2-4-18-19(9-15)31-6-5-30-18/h1-4,8-9,11-13H,5-7,10H2,(H,25,29). The maximum absolute atomic E-state index is 13.0. The zero-order valence-electron chi connectivity index (χ0n) is 16.3. The number of amides is 2. The number of hydrogen-bond acceptors (Lipinski definition) is 6. The van der Waals surface area contributed by atoms with Gasteiger partial charge in [0.15, 0.2) is 11.5 Å². The molecule has 2 aliphatic heterocycles. The number of aromatic nitrogens is 3. The lowest BCUT2D eigenvalue weighted by molar-refractivity contribution is -0.122. The minimum atomic E-state index is -0.483. The van der Waals surface area contributed by atoms with E-state index in [1.807, 2.05) is 18.2 Å². The molecule has 10 heteroatoms. The van der Waals surface area contributed by atoms with Gasteiger partial charge in [-0.15, -0.1) is 0 Å². The number of anilines is 2. The molecule has 1 saturated heterocycles. The SMILES string of the molecule is O=C(Nc1cc(Br)ccc1-n1cncn1)C1CC(=O)N(c2ccc3c(c2)OCCO3)C1. The Kier molecular flexibility index (Phi) is 5.06. The van der Waals surface area contributed by atoms with Gasteiger partial charge in [0, 0.05) is 29.2 Å². The molecule has 2 aromatic carbocycles. The van der Waals surface area contributed by atoms with Crippen LogP contribution in [0.2, 0.25) is 0 Å². The molecule has 1 fully saturated rings. The fraction of sp³-hybridized carbons (Fsp3) is 0.238. The minimum absolute atomic E-state index is 0.109. The van der Waals surface area contributed by atoms with Crippen molar-refractivity contribution in [3.05, 3.63) is 53.5 Å². The molecule has 31 heavy (non-hydrogen) atoms. The number of nitrogens with one attached hydrogen (secondary N) is 1. The van der Waals surface area contributed by atoms with Gasteiger partial charge in [-0.05, 0) is 30.3 Å². The number of carbonyl (C=O) groups is 2. The van der Waals surface area contributed by atoms with Crippen molar-refractivity contribution in [3.8, 4) is 17.2 Å². The van der Waals surface area contributed by atoms with Crippen molar-refractivity contribution in [2.45, 2.75) is 6.42 Å². The number of carbonyl (C=O) groups excluding carboxylic acids is 2. The average molecular weight is 484 g/mol. The van der Waals surface area contributed by atoms with Crippen molar-refractivity contribution in [2.75, 3.05) is 30.0 Å². The number of rotatable bonds is 4. The number of nitrogens with zero attached hydrogens (tertiary/aromatic N) is 4. The summed E-state index contributed by atoms with van der Waals surface area (Å²) in [6.45, 7) is 1.26. The van der Waals surface area contributed by atoms with Gasteiger partial charge in [0.2, 0.25) is 11.8 Å². The molecular weight excluding hydrogens is 466 g/mol. The van der Waals surface area contributed by atoms with Crippen LogP contribution in [0.5, 0.6) is 11.5 Å². The molecule has 2 aliphatic rings. The van der Waals surface area contributed by atoms with E-state index in [0.29, 0.717) is 41.8 Å². The number of hydrogen-bond donors (Lipinski definition) is 1. The minimum Gasteiger partial charge on any atom is -0.486 e. The first kappa shape index (κ1) is 19.6. The highest BCUT2D eigenvalue weighted by Gasteiger charge is 2.36. The summed E-state index contributed by atoms with van der Waals surface area (Å²) in [4.78, 5) is 31.2. The predicted octanol–water partition coefficient (Wildman–Crippen LogP) is 2.79. The first-order chi connectivity index (χ1) is 15.1.